The molecule has 0 spiro atoms. The minimum atomic E-state index is -0.274. The highest BCUT2D eigenvalue weighted by atomic mass is 16.2. The molecule has 0 saturated heterocycles. The largest absolute Gasteiger partial charge is 0.378 e. The molecule has 0 aliphatic carbocycles. The summed E-state index contributed by atoms with van der Waals surface area (Å²) in [7, 11) is 5.68. The number of pyridine rings is 1. The number of H-pyrrole nitrogens is 1. The van der Waals surface area contributed by atoms with Gasteiger partial charge < -0.3 is 14.8 Å². The molecule has 0 saturated carbocycles. The molecule has 21 heavy (non-hydrogen) atoms. The minimum absolute atomic E-state index is 0.204. The summed E-state index contributed by atoms with van der Waals surface area (Å²) in [4.78, 5) is 29.6. The number of aromatic amines is 1. The summed E-state index contributed by atoms with van der Waals surface area (Å²) in [5.74, 6) is -0.204. The highest BCUT2D eigenvalue weighted by Crippen LogP contribution is 2.13. The van der Waals surface area contributed by atoms with Crippen LogP contribution in [0.4, 0.5) is 5.69 Å². The first kappa shape index (κ1) is 14.8. The molecule has 5 nitrogen and oxygen atoms in total. The molecular weight excluding hydrogens is 266 g/mol. The Labute approximate surface area is 123 Å². The summed E-state index contributed by atoms with van der Waals surface area (Å²) < 4.78 is 0. The molecule has 1 N–H and O–H groups in total. The second-order valence-electron chi connectivity index (χ2n) is 5.15. The average Bonchev–Trinajstić information content (AvgIpc) is 2.47. The van der Waals surface area contributed by atoms with Gasteiger partial charge >= 0.3 is 0 Å². The highest BCUT2D eigenvalue weighted by molar-refractivity contribution is 5.91. The summed E-state index contributed by atoms with van der Waals surface area (Å²) in [6, 6.07) is 12.6. The molecule has 0 fully saturated rings. The number of aromatic nitrogens is 1. The fraction of sp³-hybridized carbons (Fsp3) is 0.250. The molecule has 110 valence electrons. The normalized spacial score (nSPS) is 10.2. The van der Waals surface area contributed by atoms with E-state index in [0.29, 0.717) is 12.2 Å². The summed E-state index contributed by atoms with van der Waals surface area (Å²) in [6.07, 6.45) is 0. The van der Waals surface area contributed by atoms with Crippen LogP contribution >= 0.6 is 0 Å². The SMILES string of the molecule is CN(Cc1ccc(N(C)C)cc1)C(=O)c1cccc(=O)[nH]1. The van der Waals surface area contributed by atoms with E-state index in [-0.39, 0.29) is 11.5 Å². The maximum Gasteiger partial charge on any atom is 0.270 e. The third kappa shape index (κ3) is 3.72. The lowest BCUT2D eigenvalue weighted by Gasteiger charge is -2.18. The predicted molar refractivity (Wildman–Crippen MR) is 83.6 cm³/mol. The lowest BCUT2D eigenvalue weighted by Crippen LogP contribution is -2.28. The molecule has 1 aromatic carbocycles. The second-order valence-corrected chi connectivity index (χ2v) is 5.15. The van der Waals surface area contributed by atoms with Crippen LogP contribution in [0.15, 0.2) is 47.3 Å². The van der Waals surface area contributed by atoms with Crippen LogP contribution in [-0.2, 0) is 6.54 Å². The summed E-state index contributed by atoms with van der Waals surface area (Å²) in [5, 5.41) is 0. The fourth-order valence-electron chi connectivity index (χ4n) is 2.02. The molecule has 1 aromatic heterocycles. The Kier molecular flexibility index (Phi) is 4.42. The van der Waals surface area contributed by atoms with Gasteiger partial charge in [0.05, 0.1) is 0 Å². The van der Waals surface area contributed by atoms with E-state index in [9.17, 15) is 9.59 Å². The van der Waals surface area contributed by atoms with Gasteiger partial charge in [-0.25, -0.2) is 0 Å². The molecule has 5 heteroatoms. The van der Waals surface area contributed by atoms with Crippen molar-refractivity contribution in [3.05, 3.63) is 64.1 Å². The van der Waals surface area contributed by atoms with Crippen molar-refractivity contribution in [1.29, 1.82) is 0 Å². The Morgan fingerprint density at radius 2 is 1.71 bits per heavy atom. The molecular formula is C16H19N3O2. The quantitative estimate of drug-likeness (QED) is 0.930. The molecule has 0 radical (unpaired) electrons. The van der Waals surface area contributed by atoms with Gasteiger partial charge in [-0.3, -0.25) is 9.59 Å². The van der Waals surface area contributed by atoms with Crippen molar-refractivity contribution < 1.29 is 4.79 Å². The summed E-state index contributed by atoms with van der Waals surface area (Å²) >= 11 is 0. The fourth-order valence-corrected chi connectivity index (χ4v) is 2.02. The first-order chi connectivity index (χ1) is 9.97. The minimum Gasteiger partial charge on any atom is -0.378 e. The van der Waals surface area contributed by atoms with Crippen molar-refractivity contribution in [2.24, 2.45) is 0 Å². The number of carbonyl (C=O) groups excluding carboxylic acids is 1. The van der Waals surface area contributed by atoms with E-state index in [2.05, 4.69) is 4.98 Å². The van der Waals surface area contributed by atoms with Crippen LogP contribution in [0.5, 0.6) is 0 Å². The molecule has 0 bridgehead atoms. The zero-order chi connectivity index (χ0) is 15.4. The van der Waals surface area contributed by atoms with E-state index in [1.165, 1.54) is 6.07 Å². The van der Waals surface area contributed by atoms with Gasteiger partial charge in [0.2, 0.25) is 5.56 Å². The van der Waals surface area contributed by atoms with Crippen LogP contribution in [0.3, 0.4) is 0 Å². The lowest BCUT2D eigenvalue weighted by molar-refractivity contribution is 0.0779. The predicted octanol–water partition coefficient (Wildman–Crippen LogP) is 1.71. The van der Waals surface area contributed by atoms with Crippen LogP contribution < -0.4 is 10.5 Å². The third-order valence-electron chi connectivity index (χ3n) is 3.22. The molecule has 0 aliphatic heterocycles. The number of benzene rings is 1. The van der Waals surface area contributed by atoms with E-state index in [4.69, 9.17) is 0 Å². The van der Waals surface area contributed by atoms with Crippen molar-refractivity contribution in [1.82, 2.24) is 9.88 Å². The number of rotatable bonds is 4. The van der Waals surface area contributed by atoms with Crippen molar-refractivity contribution in [3.63, 3.8) is 0 Å². The smallest absolute Gasteiger partial charge is 0.270 e. The van der Waals surface area contributed by atoms with E-state index in [0.717, 1.165) is 11.3 Å². The Morgan fingerprint density at radius 3 is 2.29 bits per heavy atom. The van der Waals surface area contributed by atoms with Gasteiger partial charge in [0.15, 0.2) is 0 Å². The first-order valence-corrected chi connectivity index (χ1v) is 6.68. The van der Waals surface area contributed by atoms with Crippen LogP contribution in [0.1, 0.15) is 16.1 Å². The maximum atomic E-state index is 12.2. The lowest BCUT2D eigenvalue weighted by atomic mass is 10.2. The number of nitrogens with one attached hydrogen (secondary N) is 1. The topological polar surface area (TPSA) is 56.4 Å². The van der Waals surface area contributed by atoms with E-state index >= 15 is 0 Å². The van der Waals surface area contributed by atoms with Crippen molar-refractivity contribution in [3.8, 4) is 0 Å². The van der Waals surface area contributed by atoms with Crippen molar-refractivity contribution in [2.75, 3.05) is 26.0 Å². The zero-order valence-electron chi connectivity index (χ0n) is 12.5. The monoisotopic (exact) mass is 285 g/mol. The number of amides is 1. The van der Waals surface area contributed by atoms with Gasteiger partial charge in [0, 0.05) is 39.4 Å². The van der Waals surface area contributed by atoms with Crippen molar-refractivity contribution in [2.45, 2.75) is 6.54 Å². The number of anilines is 1. The molecule has 1 heterocycles. The van der Waals surface area contributed by atoms with E-state index < -0.39 is 0 Å². The number of nitrogens with zero attached hydrogens (tertiary/aromatic N) is 2. The Balaban J connectivity index is 2.08. The number of carbonyl (C=O) groups is 1. The highest BCUT2D eigenvalue weighted by Gasteiger charge is 2.12. The number of hydrogen-bond donors (Lipinski definition) is 1. The molecule has 2 aromatic rings. The molecule has 0 atom stereocenters. The van der Waals surface area contributed by atoms with E-state index in [1.54, 1.807) is 24.1 Å². The van der Waals surface area contributed by atoms with Gasteiger partial charge in [-0.05, 0) is 23.8 Å². The second kappa shape index (κ2) is 6.26. The van der Waals surface area contributed by atoms with Crippen LogP contribution in [-0.4, -0.2) is 36.9 Å². The zero-order valence-corrected chi connectivity index (χ0v) is 12.5. The molecule has 2 rings (SSSR count). The summed E-state index contributed by atoms with van der Waals surface area (Å²) in [5.41, 5.74) is 2.18. The van der Waals surface area contributed by atoms with Crippen LogP contribution in [0.25, 0.3) is 0 Å². The molecule has 0 unspecified atom stereocenters. The van der Waals surface area contributed by atoms with Crippen molar-refractivity contribution >= 4 is 11.6 Å². The maximum absolute atomic E-state index is 12.2. The number of hydrogen-bond acceptors (Lipinski definition) is 3. The molecule has 1 amide bonds. The van der Waals surface area contributed by atoms with Gasteiger partial charge in [0.25, 0.3) is 5.91 Å². The third-order valence-corrected chi connectivity index (χ3v) is 3.22. The standard InChI is InChI=1S/C16H19N3O2/c1-18(2)13-9-7-12(8-10-13)11-19(3)16(21)14-5-4-6-15(20)17-14/h4-10H,11H2,1-3H3,(H,17,20). The van der Waals surface area contributed by atoms with Gasteiger partial charge in [0.1, 0.15) is 5.69 Å². The molecule has 0 aliphatic rings. The van der Waals surface area contributed by atoms with Gasteiger partial charge in [-0.15, -0.1) is 0 Å². The van der Waals surface area contributed by atoms with Crippen LogP contribution in [0.2, 0.25) is 0 Å². The van der Waals surface area contributed by atoms with Gasteiger partial charge in [-0.1, -0.05) is 18.2 Å². The van der Waals surface area contributed by atoms with Crippen LogP contribution in [0, 0.1) is 0 Å². The Hall–Kier alpha value is -2.56. The summed E-state index contributed by atoms with van der Waals surface area (Å²) in [6.45, 7) is 0.490. The van der Waals surface area contributed by atoms with E-state index in [1.807, 2.05) is 43.3 Å². The average molecular weight is 285 g/mol. The van der Waals surface area contributed by atoms with Gasteiger partial charge in [-0.2, -0.15) is 0 Å². The Bertz CT molecular complexity index is 674. The first-order valence-electron chi connectivity index (χ1n) is 6.68. The Morgan fingerprint density at radius 1 is 1.05 bits per heavy atom.